The number of fused-ring (bicyclic) bond motifs is 1. The molecule has 0 spiro atoms. The first kappa shape index (κ1) is 19.8. The van der Waals surface area contributed by atoms with Crippen LogP contribution < -0.4 is 16.0 Å². The van der Waals surface area contributed by atoms with Crippen molar-refractivity contribution in [3.05, 3.63) is 28.2 Å². The van der Waals surface area contributed by atoms with Crippen LogP contribution in [0.1, 0.15) is 26.7 Å². The first-order valence-corrected chi connectivity index (χ1v) is 9.69. The lowest BCUT2D eigenvalue weighted by atomic mass is 9.95. The van der Waals surface area contributed by atoms with Crippen molar-refractivity contribution in [2.45, 2.75) is 44.8 Å². The van der Waals surface area contributed by atoms with Gasteiger partial charge in [-0.1, -0.05) is 49.5 Å². The Balaban J connectivity index is 1.63. The fourth-order valence-corrected chi connectivity index (χ4v) is 3.84. The highest BCUT2D eigenvalue weighted by molar-refractivity contribution is 6.43. The molecular formula is C18H22Cl2N4O3. The Labute approximate surface area is 167 Å². The molecule has 4 amide bonds. The van der Waals surface area contributed by atoms with Crippen LogP contribution in [0, 0.1) is 5.92 Å². The van der Waals surface area contributed by atoms with Crippen LogP contribution in [0.5, 0.6) is 0 Å². The number of anilines is 1. The summed E-state index contributed by atoms with van der Waals surface area (Å²) in [6.07, 6.45) is 1.17. The molecule has 27 heavy (non-hydrogen) atoms. The van der Waals surface area contributed by atoms with E-state index in [1.165, 1.54) is 0 Å². The number of carbonyl (C=O) groups excluding carboxylic acids is 3. The smallest absolute Gasteiger partial charge is 0.319 e. The molecule has 2 aliphatic rings. The number of nitrogens with zero attached hydrogens (tertiary/aromatic N) is 1. The summed E-state index contributed by atoms with van der Waals surface area (Å²) in [6.45, 7) is 4.23. The van der Waals surface area contributed by atoms with E-state index in [1.54, 1.807) is 23.1 Å². The third-order valence-electron chi connectivity index (χ3n) is 5.20. The average molecular weight is 413 g/mol. The summed E-state index contributed by atoms with van der Waals surface area (Å²) < 4.78 is 0. The standard InChI is InChI=1S/C18H22Cl2N4O3/c1-3-9(2)15-17(26)24-8-10(7-13(24)16(25)23-15)21-18(27)22-12-6-4-5-11(19)14(12)20/h4-6,9-10,13,15H,3,7-8H2,1-2H3,(H,23,25)(H2,21,22,27)/t9-,10-,13-,15-/m0/s1. The zero-order valence-electron chi connectivity index (χ0n) is 15.1. The molecule has 2 heterocycles. The maximum atomic E-state index is 12.7. The van der Waals surface area contributed by atoms with Gasteiger partial charge in [0.1, 0.15) is 12.1 Å². The maximum absolute atomic E-state index is 12.7. The van der Waals surface area contributed by atoms with Gasteiger partial charge in [-0.3, -0.25) is 9.59 Å². The number of nitrogens with one attached hydrogen (secondary N) is 3. The lowest BCUT2D eigenvalue weighted by molar-refractivity contribution is -0.148. The van der Waals surface area contributed by atoms with Gasteiger partial charge in [0.25, 0.3) is 0 Å². The molecule has 0 aromatic heterocycles. The third kappa shape index (κ3) is 3.99. The van der Waals surface area contributed by atoms with E-state index in [-0.39, 0.29) is 28.8 Å². The number of piperazine rings is 1. The topological polar surface area (TPSA) is 90.5 Å². The quantitative estimate of drug-likeness (QED) is 0.709. The number of halogens is 2. The minimum Gasteiger partial charge on any atom is -0.342 e. The molecule has 2 saturated heterocycles. The fraction of sp³-hybridized carbons (Fsp3) is 0.500. The highest BCUT2D eigenvalue weighted by Gasteiger charge is 2.47. The number of urea groups is 1. The zero-order chi connectivity index (χ0) is 19.7. The predicted octanol–water partition coefficient (Wildman–Crippen LogP) is 2.63. The van der Waals surface area contributed by atoms with Crippen LogP contribution >= 0.6 is 23.2 Å². The minimum absolute atomic E-state index is 0.0580. The van der Waals surface area contributed by atoms with Crippen molar-refractivity contribution in [1.82, 2.24) is 15.5 Å². The molecule has 0 saturated carbocycles. The lowest BCUT2D eigenvalue weighted by Crippen LogP contribution is -2.62. The van der Waals surface area contributed by atoms with E-state index in [1.807, 2.05) is 13.8 Å². The first-order chi connectivity index (χ1) is 12.8. The van der Waals surface area contributed by atoms with E-state index >= 15 is 0 Å². The number of benzene rings is 1. The van der Waals surface area contributed by atoms with Gasteiger partial charge < -0.3 is 20.9 Å². The second-order valence-electron chi connectivity index (χ2n) is 7.01. The Hall–Kier alpha value is -1.99. The molecule has 146 valence electrons. The van der Waals surface area contributed by atoms with Crippen molar-refractivity contribution >= 4 is 46.7 Å². The van der Waals surface area contributed by atoms with E-state index < -0.39 is 18.1 Å². The molecule has 3 rings (SSSR count). The summed E-state index contributed by atoms with van der Waals surface area (Å²) >= 11 is 12.0. The van der Waals surface area contributed by atoms with Crippen LogP contribution in [0.2, 0.25) is 10.0 Å². The van der Waals surface area contributed by atoms with Gasteiger partial charge in [0.05, 0.1) is 21.8 Å². The van der Waals surface area contributed by atoms with Crippen LogP contribution in [0.15, 0.2) is 18.2 Å². The normalized spacial score (nSPS) is 25.6. The maximum Gasteiger partial charge on any atom is 0.319 e. The first-order valence-electron chi connectivity index (χ1n) is 8.94. The number of hydrogen-bond acceptors (Lipinski definition) is 3. The molecule has 1 aromatic rings. The lowest BCUT2D eigenvalue weighted by Gasteiger charge is -2.36. The van der Waals surface area contributed by atoms with E-state index in [2.05, 4.69) is 16.0 Å². The number of carbonyl (C=O) groups is 3. The summed E-state index contributed by atoms with van der Waals surface area (Å²) in [5.74, 6) is -0.193. The number of rotatable bonds is 4. The third-order valence-corrected chi connectivity index (χ3v) is 6.02. The van der Waals surface area contributed by atoms with Gasteiger partial charge >= 0.3 is 6.03 Å². The molecule has 3 N–H and O–H groups in total. The summed E-state index contributed by atoms with van der Waals surface area (Å²) in [7, 11) is 0. The van der Waals surface area contributed by atoms with Crippen LogP contribution in [-0.2, 0) is 9.59 Å². The molecule has 0 radical (unpaired) electrons. The van der Waals surface area contributed by atoms with E-state index in [9.17, 15) is 14.4 Å². The molecule has 7 nitrogen and oxygen atoms in total. The van der Waals surface area contributed by atoms with Crippen molar-refractivity contribution < 1.29 is 14.4 Å². The van der Waals surface area contributed by atoms with Crippen LogP contribution in [-0.4, -0.2) is 47.4 Å². The second kappa shape index (κ2) is 7.94. The molecule has 0 unspecified atom stereocenters. The van der Waals surface area contributed by atoms with E-state index in [4.69, 9.17) is 23.2 Å². The summed E-state index contributed by atoms with van der Waals surface area (Å²) in [5.41, 5.74) is 0.392. The van der Waals surface area contributed by atoms with Gasteiger partial charge in [-0.25, -0.2) is 4.79 Å². The van der Waals surface area contributed by atoms with E-state index in [0.717, 1.165) is 6.42 Å². The van der Waals surface area contributed by atoms with Crippen LogP contribution in [0.4, 0.5) is 10.5 Å². The van der Waals surface area contributed by atoms with Crippen molar-refractivity contribution in [2.24, 2.45) is 5.92 Å². The SMILES string of the molecule is CC[C@H](C)[C@@H]1NC(=O)[C@@H]2C[C@H](NC(=O)Nc3cccc(Cl)c3Cl)CN2C1=O. The van der Waals surface area contributed by atoms with E-state index in [0.29, 0.717) is 23.7 Å². The molecule has 2 fully saturated rings. The largest absolute Gasteiger partial charge is 0.342 e. The highest BCUT2D eigenvalue weighted by atomic mass is 35.5. The zero-order valence-corrected chi connectivity index (χ0v) is 16.6. The van der Waals surface area contributed by atoms with Gasteiger partial charge in [-0.15, -0.1) is 0 Å². The monoisotopic (exact) mass is 412 g/mol. The molecule has 0 bridgehead atoms. The van der Waals surface area contributed by atoms with Gasteiger partial charge in [0.15, 0.2) is 0 Å². The Bertz CT molecular complexity index is 773. The Morgan fingerprint density at radius 1 is 1.37 bits per heavy atom. The van der Waals surface area contributed by atoms with Gasteiger partial charge in [-0.05, 0) is 24.5 Å². The summed E-state index contributed by atoms with van der Waals surface area (Å²) in [4.78, 5) is 39.0. The van der Waals surface area contributed by atoms with Crippen molar-refractivity contribution in [3.8, 4) is 0 Å². The van der Waals surface area contributed by atoms with Gasteiger partial charge in [0.2, 0.25) is 11.8 Å². The summed E-state index contributed by atoms with van der Waals surface area (Å²) in [5, 5.41) is 8.87. The van der Waals surface area contributed by atoms with Crippen molar-refractivity contribution in [2.75, 3.05) is 11.9 Å². The molecule has 1 aromatic carbocycles. The molecular weight excluding hydrogens is 391 g/mol. The number of amides is 4. The Morgan fingerprint density at radius 3 is 2.81 bits per heavy atom. The molecule has 9 heteroatoms. The fourth-order valence-electron chi connectivity index (χ4n) is 3.49. The van der Waals surface area contributed by atoms with Gasteiger partial charge in [0, 0.05) is 6.54 Å². The van der Waals surface area contributed by atoms with Gasteiger partial charge in [-0.2, -0.15) is 0 Å². The minimum atomic E-state index is -0.544. The number of hydrogen-bond donors (Lipinski definition) is 3. The summed E-state index contributed by atoms with van der Waals surface area (Å²) in [6, 6.07) is 3.11. The Kier molecular flexibility index (Phi) is 5.81. The van der Waals surface area contributed by atoms with Crippen molar-refractivity contribution in [3.63, 3.8) is 0 Å². The second-order valence-corrected chi connectivity index (χ2v) is 7.80. The molecule has 4 atom stereocenters. The van der Waals surface area contributed by atoms with Crippen molar-refractivity contribution in [1.29, 1.82) is 0 Å². The highest BCUT2D eigenvalue weighted by Crippen LogP contribution is 2.30. The predicted molar refractivity (Wildman–Crippen MR) is 104 cm³/mol. The molecule has 0 aliphatic carbocycles. The van der Waals surface area contributed by atoms with Crippen LogP contribution in [0.25, 0.3) is 0 Å². The Morgan fingerprint density at radius 2 is 2.11 bits per heavy atom. The average Bonchev–Trinajstić information content (AvgIpc) is 3.06. The molecule has 2 aliphatic heterocycles. The van der Waals surface area contributed by atoms with Crippen LogP contribution in [0.3, 0.4) is 0 Å².